The molecule has 2 nitrogen and oxygen atoms in total. The van der Waals surface area contributed by atoms with E-state index in [2.05, 4.69) is 11.9 Å². The molecule has 82 valence electrons. The van der Waals surface area contributed by atoms with E-state index in [1.165, 1.54) is 5.56 Å². The Balaban J connectivity index is 2.03. The molecule has 0 bridgehead atoms. The van der Waals surface area contributed by atoms with Gasteiger partial charge in [-0.25, -0.2) is 0 Å². The zero-order valence-electron chi connectivity index (χ0n) is 8.90. The zero-order chi connectivity index (χ0) is 10.7. The highest BCUT2D eigenvalue weighted by atomic mass is 35.5. The van der Waals surface area contributed by atoms with Gasteiger partial charge in [-0.3, -0.25) is 4.98 Å². The Bertz CT molecular complexity index is 298. The highest BCUT2D eigenvalue weighted by Gasteiger charge is 2.28. The summed E-state index contributed by atoms with van der Waals surface area (Å²) in [6.45, 7) is 3.84. The van der Waals surface area contributed by atoms with Gasteiger partial charge in [-0.1, -0.05) is 6.92 Å². The van der Waals surface area contributed by atoms with E-state index in [9.17, 15) is 0 Å². The predicted octanol–water partition coefficient (Wildman–Crippen LogP) is 2.83. The van der Waals surface area contributed by atoms with Crippen LogP contribution >= 0.6 is 11.6 Å². The Kier molecular flexibility index (Phi) is 3.60. The first kappa shape index (κ1) is 10.9. The smallest absolute Gasteiger partial charge is 0.0509 e. The Morgan fingerprint density at radius 3 is 2.80 bits per heavy atom. The maximum Gasteiger partial charge on any atom is 0.0509 e. The molecule has 3 unspecified atom stereocenters. The Hall–Kier alpha value is -0.600. The lowest BCUT2D eigenvalue weighted by atomic mass is 9.90. The summed E-state index contributed by atoms with van der Waals surface area (Å²) in [7, 11) is 0. The lowest BCUT2D eigenvalue weighted by Gasteiger charge is -2.22. The molecule has 2 rings (SSSR count). The van der Waals surface area contributed by atoms with Crippen molar-refractivity contribution in [3.8, 4) is 0 Å². The van der Waals surface area contributed by atoms with Gasteiger partial charge >= 0.3 is 0 Å². The molecular formula is C12H16ClNO. The number of hydrogen-bond acceptors (Lipinski definition) is 2. The summed E-state index contributed by atoms with van der Waals surface area (Å²) < 4.78 is 5.37. The van der Waals surface area contributed by atoms with Crippen LogP contribution in [0.1, 0.15) is 24.8 Å². The molecule has 3 heteroatoms. The van der Waals surface area contributed by atoms with Crippen LogP contribution in [0.4, 0.5) is 0 Å². The monoisotopic (exact) mass is 225 g/mol. The van der Waals surface area contributed by atoms with E-state index in [4.69, 9.17) is 16.3 Å². The summed E-state index contributed by atoms with van der Waals surface area (Å²) in [6, 6.07) is 4.08. The lowest BCUT2D eigenvalue weighted by molar-refractivity contribution is 0.183. The van der Waals surface area contributed by atoms with Crippen molar-refractivity contribution in [1.82, 2.24) is 4.98 Å². The maximum absolute atomic E-state index is 6.47. The molecule has 0 radical (unpaired) electrons. The molecule has 1 aromatic rings. The van der Waals surface area contributed by atoms with E-state index in [-0.39, 0.29) is 5.38 Å². The van der Waals surface area contributed by atoms with Gasteiger partial charge < -0.3 is 4.74 Å². The minimum atomic E-state index is 0.162. The largest absolute Gasteiger partial charge is 0.381 e. The van der Waals surface area contributed by atoms with Crippen LogP contribution in [0.2, 0.25) is 0 Å². The van der Waals surface area contributed by atoms with Crippen molar-refractivity contribution in [3.05, 3.63) is 30.1 Å². The van der Waals surface area contributed by atoms with Crippen molar-refractivity contribution in [1.29, 1.82) is 0 Å². The molecule has 0 spiro atoms. The Labute approximate surface area is 95.6 Å². The lowest BCUT2D eigenvalue weighted by Crippen LogP contribution is -2.21. The van der Waals surface area contributed by atoms with Gasteiger partial charge in [0.15, 0.2) is 0 Å². The molecule has 15 heavy (non-hydrogen) atoms. The minimum Gasteiger partial charge on any atom is -0.381 e. The molecular weight excluding hydrogens is 210 g/mol. The standard InChI is InChI=1S/C12H16ClNO/c1-9(10-2-5-14-6-3-10)12(13)11-4-7-15-8-11/h2-3,5-6,9,11-12H,4,7-8H2,1H3. The van der Waals surface area contributed by atoms with Gasteiger partial charge in [0, 0.05) is 30.3 Å². The molecule has 0 saturated carbocycles. The molecule has 0 aliphatic carbocycles. The summed E-state index contributed by atoms with van der Waals surface area (Å²) in [4.78, 5) is 4.02. The number of ether oxygens (including phenoxy) is 1. The number of halogens is 1. The van der Waals surface area contributed by atoms with Gasteiger partial charge in [-0.05, 0) is 30.0 Å². The van der Waals surface area contributed by atoms with Crippen LogP contribution < -0.4 is 0 Å². The first-order chi connectivity index (χ1) is 7.29. The fourth-order valence-electron chi connectivity index (χ4n) is 2.06. The number of pyridine rings is 1. The molecule has 1 fully saturated rings. The van der Waals surface area contributed by atoms with E-state index < -0.39 is 0 Å². The third kappa shape index (κ3) is 2.50. The summed E-state index contributed by atoms with van der Waals surface area (Å²) in [6.07, 6.45) is 4.73. The van der Waals surface area contributed by atoms with Gasteiger partial charge in [0.05, 0.1) is 6.61 Å². The van der Waals surface area contributed by atoms with E-state index >= 15 is 0 Å². The van der Waals surface area contributed by atoms with E-state index in [1.807, 2.05) is 24.5 Å². The first-order valence-corrected chi connectivity index (χ1v) is 5.84. The number of aromatic nitrogens is 1. The average molecular weight is 226 g/mol. The number of hydrogen-bond donors (Lipinski definition) is 0. The van der Waals surface area contributed by atoms with Gasteiger partial charge in [0.2, 0.25) is 0 Å². The van der Waals surface area contributed by atoms with Crippen molar-refractivity contribution in [2.24, 2.45) is 5.92 Å². The second kappa shape index (κ2) is 4.95. The molecule has 1 saturated heterocycles. The average Bonchev–Trinajstić information content (AvgIpc) is 2.82. The van der Waals surface area contributed by atoms with Crippen LogP contribution in [0.5, 0.6) is 0 Å². The molecule has 0 amide bonds. The summed E-state index contributed by atoms with van der Waals surface area (Å²) in [5.41, 5.74) is 1.26. The molecule has 3 atom stereocenters. The maximum atomic E-state index is 6.47. The van der Waals surface area contributed by atoms with Crippen molar-refractivity contribution < 1.29 is 4.74 Å². The van der Waals surface area contributed by atoms with Crippen LogP contribution in [0.15, 0.2) is 24.5 Å². The zero-order valence-corrected chi connectivity index (χ0v) is 9.65. The molecule has 1 aliphatic heterocycles. The SMILES string of the molecule is CC(c1ccncc1)C(Cl)C1CCOC1. The van der Waals surface area contributed by atoms with Gasteiger partial charge in [-0.15, -0.1) is 11.6 Å². The van der Waals surface area contributed by atoms with Gasteiger partial charge in [-0.2, -0.15) is 0 Å². The fraction of sp³-hybridized carbons (Fsp3) is 0.583. The van der Waals surface area contributed by atoms with Gasteiger partial charge in [0.25, 0.3) is 0 Å². The Morgan fingerprint density at radius 1 is 1.47 bits per heavy atom. The fourth-order valence-corrected chi connectivity index (χ4v) is 2.41. The van der Waals surface area contributed by atoms with Crippen molar-refractivity contribution in [3.63, 3.8) is 0 Å². The number of rotatable bonds is 3. The minimum absolute atomic E-state index is 0.162. The third-order valence-electron chi connectivity index (χ3n) is 3.12. The van der Waals surface area contributed by atoms with Crippen LogP contribution in [0, 0.1) is 5.92 Å². The molecule has 1 aliphatic rings. The van der Waals surface area contributed by atoms with Crippen LogP contribution in [0.25, 0.3) is 0 Å². The normalized spacial score (nSPS) is 25.1. The quantitative estimate of drug-likeness (QED) is 0.738. The molecule has 0 N–H and O–H groups in total. The topological polar surface area (TPSA) is 22.1 Å². The second-order valence-electron chi connectivity index (χ2n) is 4.14. The number of nitrogens with zero attached hydrogens (tertiary/aromatic N) is 1. The highest BCUT2D eigenvalue weighted by molar-refractivity contribution is 6.21. The Morgan fingerprint density at radius 2 is 2.20 bits per heavy atom. The van der Waals surface area contributed by atoms with Crippen LogP contribution in [-0.4, -0.2) is 23.6 Å². The summed E-state index contributed by atoms with van der Waals surface area (Å²) >= 11 is 6.47. The molecule has 2 heterocycles. The van der Waals surface area contributed by atoms with Crippen LogP contribution in [0.3, 0.4) is 0 Å². The third-order valence-corrected chi connectivity index (χ3v) is 3.86. The predicted molar refractivity (Wildman–Crippen MR) is 61.2 cm³/mol. The van der Waals surface area contributed by atoms with Crippen molar-refractivity contribution in [2.75, 3.05) is 13.2 Å². The highest BCUT2D eigenvalue weighted by Crippen LogP contribution is 2.32. The molecule has 0 aromatic carbocycles. The molecule has 1 aromatic heterocycles. The van der Waals surface area contributed by atoms with E-state index in [0.29, 0.717) is 11.8 Å². The van der Waals surface area contributed by atoms with E-state index in [1.54, 1.807) is 0 Å². The second-order valence-corrected chi connectivity index (χ2v) is 4.64. The van der Waals surface area contributed by atoms with Crippen molar-refractivity contribution >= 4 is 11.6 Å². The van der Waals surface area contributed by atoms with Gasteiger partial charge in [0.1, 0.15) is 0 Å². The van der Waals surface area contributed by atoms with E-state index in [0.717, 1.165) is 19.6 Å². The summed E-state index contributed by atoms with van der Waals surface area (Å²) in [5, 5.41) is 0.162. The first-order valence-electron chi connectivity index (χ1n) is 5.41. The summed E-state index contributed by atoms with van der Waals surface area (Å²) in [5.74, 6) is 0.858. The van der Waals surface area contributed by atoms with Crippen LogP contribution in [-0.2, 0) is 4.74 Å². The number of alkyl halides is 1. The van der Waals surface area contributed by atoms with Crippen molar-refractivity contribution in [2.45, 2.75) is 24.6 Å².